The third-order valence-electron chi connectivity index (χ3n) is 7.08. The highest BCUT2D eigenvalue weighted by molar-refractivity contribution is 7.12. The molecule has 2 aromatic rings. The van der Waals surface area contributed by atoms with Gasteiger partial charge in [-0.05, 0) is 62.3 Å². The summed E-state index contributed by atoms with van der Waals surface area (Å²) in [7, 11) is 1.65. The SMILES string of the molecule is COCCn1cc(-c2ccccc2F)s/c1=N\C(=O)C12CC3CC(CC(C3)C1)C2. The zero-order valence-electron chi connectivity index (χ0n) is 16.8. The van der Waals surface area contributed by atoms with E-state index in [2.05, 4.69) is 4.99 Å². The molecule has 154 valence electrons. The average Bonchev–Trinajstić information content (AvgIpc) is 3.08. The predicted octanol–water partition coefficient (Wildman–Crippen LogP) is 4.65. The van der Waals surface area contributed by atoms with Gasteiger partial charge in [-0.3, -0.25) is 4.79 Å². The first kappa shape index (κ1) is 19.2. The minimum Gasteiger partial charge on any atom is -0.383 e. The summed E-state index contributed by atoms with van der Waals surface area (Å²) in [5, 5.41) is 0. The fourth-order valence-corrected chi connectivity index (χ4v) is 7.22. The lowest BCUT2D eigenvalue weighted by molar-refractivity contribution is -0.142. The number of amides is 1. The summed E-state index contributed by atoms with van der Waals surface area (Å²) < 4.78 is 21.5. The smallest absolute Gasteiger partial charge is 0.254 e. The molecule has 4 saturated carbocycles. The van der Waals surface area contributed by atoms with Crippen molar-refractivity contribution in [1.29, 1.82) is 0 Å². The van der Waals surface area contributed by atoms with Gasteiger partial charge >= 0.3 is 0 Å². The van der Waals surface area contributed by atoms with Gasteiger partial charge in [0, 0.05) is 25.4 Å². The number of carbonyl (C=O) groups excluding carboxylic acids is 1. The Morgan fingerprint density at radius 1 is 1.21 bits per heavy atom. The van der Waals surface area contributed by atoms with Crippen LogP contribution in [0.4, 0.5) is 4.39 Å². The molecule has 4 nitrogen and oxygen atoms in total. The molecule has 4 aliphatic rings. The van der Waals surface area contributed by atoms with Gasteiger partial charge in [0.1, 0.15) is 5.82 Å². The molecule has 0 N–H and O–H groups in total. The number of ether oxygens (including phenoxy) is 1. The molecule has 0 saturated heterocycles. The summed E-state index contributed by atoms with van der Waals surface area (Å²) in [4.78, 5) is 19.5. The first-order chi connectivity index (χ1) is 14.1. The number of hydrogen-bond acceptors (Lipinski definition) is 3. The fourth-order valence-electron chi connectivity index (χ4n) is 6.18. The Balaban J connectivity index is 1.51. The Bertz CT molecular complexity index is 957. The molecule has 6 rings (SSSR count). The molecule has 6 heteroatoms. The number of benzene rings is 1. The first-order valence-electron chi connectivity index (χ1n) is 10.6. The standard InChI is InChI=1S/C23H27FN2O2S/c1-28-7-6-26-14-20(18-4-2-3-5-19(18)24)29-22(26)25-21(27)23-11-15-8-16(12-23)10-17(9-15)13-23/h2-5,14-17H,6-13H2,1H3/b25-22-. The van der Waals surface area contributed by atoms with Crippen molar-refractivity contribution in [1.82, 2.24) is 4.57 Å². The van der Waals surface area contributed by atoms with Crippen molar-refractivity contribution in [3.05, 3.63) is 41.1 Å². The van der Waals surface area contributed by atoms with Crippen LogP contribution in [-0.2, 0) is 16.1 Å². The van der Waals surface area contributed by atoms with E-state index in [1.165, 1.54) is 36.7 Å². The van der Waals surface area contributed by atoms with Crippen LogP contribution in [-0.4, -0.2) is 24.2 Å². The van der Waals surface area contributed by atoms with Crippen LogP contribution in [0.5, 0.6) is 0 Å². The summed E-state index contributed by atoms with van der Waals surface area (Å²) in [6.45, 7) is 1.11. The van der Waals surface area contributed by atoms with Gasteiger partial charge in [-0.15, -0.1) is 0 Å². The van der Waals surface area contributed by atoms with Gasteiger partial charge < -0.3 is 9.30 Å². The molecular formula is C23H27FN2O2S. The third-order valence-corrected chi connectivity index (χ3v) is 8.14. The second kappa shape index (κ2) is 7.47. The summed E-state index contributed by atoms with van der Waals surface area (Å²) in [6.07, 6.45) is 8.82. The minimum atomic E-state index is -0.258. The van der Waals surface area contributed by atoms with Crippen molar-refractivity contribution in [2.45, 2.75) is 45.1 Å². The van der Waals surface area contributed by atoms with Gasteiger partial charge in [-0.1, -0.05) is 29.5 Å². The number of methoxy groups -OCH3 is 1. The molecule has 0 radical (unpaired) electrons. The molecule has 1 aromatic heterocycles. The van der Waals surface area contributed by atoms with E-state index in [9.17, 15) is 9.18 Å². The number of nitrogens with zero attached hydrogens (tertiary/aromatic N) is 2. The number of rotatable bonds is 5. The van der Waals surface area contributed by atoms with Crippen LogP contribution >= 0.6 is 11.3 Å². The number of aromatic nitrogens is 1. The number of carbonyl (C=O) groups is 1. The highest BCUT2D eigenvalue weighted by atomic mass is 32.1. The van der Waals surface area contributed by atoms with Crippen molar-refractivity contribution in [2.75, 3.05) is 13.7 Å². The van der Waals surface area contributed by atoms with E-state index in [1.807, 2.05) is 16.8 Å². The Morgan fingerprint density at radius 2 is 1.86 bits per heavy atom. The Kier molecular flexibility index (Phi) is 4.95. The molecule has 29 heavy (non-hydrogen) atoms. The van der Waals surface area contributed by atoms with E-state index in [1.54, 1.807) is 19.2 Å². The molecule has 1 heterocycles. The van der Waals surface area contributed by atoms with Gasteiger partial charge in [0.15, 0.2) is 4.80 Å². The van der Waals surface area contributed by atoms with Crippen LogP contribution in [0.15, 0.2) is 35.5 Å². The quantitative estimate of drug-likeness (QED) is 0.715. The van der Waals surface area contributed by atoms with Gasteiger partial charge in [0.2, 0.25) is 0 Å². The highest BCUT2D eigenvalue weighted by Gasteiger charge is 2.54. The van der Waals surface area contributed by atoms with Crippen LogP contribution < -0.4 is 4.80 Å². The first-order valence-corrected chi connectivity index (χ1v) is 11.4. The van der Waals surface area contributed by atoms with E-state index in [0.29, 0.717) is 41.3 Å². The lowest BCUT2D eigenvalue weighted by atomic mass is 9.49. The van der Waals surface area contributed by atoms with E-state index < -0.39 is 0 Å². The van der Waals surface area contributed by atoms with Gasteiger partial charge in [0.05, 0.1) is 16.9 Å². The molecule has 1 amide bonds. The summed E-state index contributed by atoms with van der Waals surface area (Å²) in [5.41, 5.74) is 0.295. The van der Waals surface area contributed by atoms with Crippen molar-refractivity contribution in [3.8, 4) is 10.4 Å². The Morgan fingerprint density at radius 3 is 2.48 bits per heavy atom. The van der Waals surface area contributed by atoms with Gasteiger partial charge in [-0.25, -0.2) is 4.39 Å². The van der Waals surface area contributed by atoms with Crippen molar-refractivity contribution in [3.63, 3.8) is 0 Å². The normalized spacial score (nSPS) is 30.8. The lowest BCUT2D eigenvalue weighted by Crippen LogP contribution is -2.49. The van der Waals surface area contributed by atoms with E-state index in [4.69, 9.17) is 4.74 Å². The zero-order valence-corrected chi connectivity index (χ0v) is 17.6. The maximum absolute atomic E-state index is 14.3. The molecule has 4 aliphatic carbocycles. The number of halogens is 1. The fraction of sp³-hybridized carbons (Fsp3) is 0.565. The minimum absolute atomic E-state index is 0.0460. The van der Waals surface area contributed by atoms with E-state index in [-0.39, 0.29) is 17.1 Å². The highest BCUT2D eigenvalue weighted by Crippen LogP contribution is 2.60. The molecule has 0 atom stereocenters. The topological polar surface area (TPSA) is 43.6 Å². The van der Waals surface area contributed by atoms with Crippen LogP contribution in [0.3, 0.4) is 0 Å². The molecule has 4 fully saturated rings. The molecule has 0 aliphatic heterocycles. The van der Waals surface area contributed by atoms with Crippen molar-refractivity contribution >= 4 is 17.2 Å². The van der Waals surface area contributed by atoms with Gasteiger partial charge in [-0.2, -0.15) is 4.99 Å². The number of hydrogen-bond donors (Lipinski definition) is 0. The van der Waals surface area contributed by atoms with Crippen molar-refractivity contribution < 1.29 is 13.9 Å². The monoisotopic (exact) mass is 414 g/mol. The number of thiazole rings is 1. The van der Waals surface area contributed by atoms with Crippen LogP contribution in [0.1, 0.15) is 38.5 Å². The van der Waals surface area contributed by atoms with Crippen LogP contribution in [0.25, 0.3) is 10.4 Å². The maximum Gasteiger partial charge on any atom is 0.254 e. The molecule has 1 aromatic carbocycles. The zero-order chi connectivity index (χ0) is 20.0. The second-order valence-corrected chi connectivity index (χ2v) is 10.2. The van der Waals surface area contributed by atoms with Crippen LogP contribution in [0, 0.1) is 29.0 Å². The third kappa shape index (κ3) is 3.50. The Hall–Kier alpha value is -1.79. The largest absolute Gasteiger partial charge is 0.383 e. The predicted molar refractivity (Wildman–Crippen MR) is 111 cm³/mol. The van der Waals surface area contributed by atoms with Crippen molar-refractivity contribution in [2.24, 2.45) is 28.2 Å². The average molecular weight is 415 g/mol. The van der Waals surface area contributed by atoms with E-state index >= 15 is 0 Å². The molecular weight excluding hydrogens is 387 g/mol. The maximum atomic E-state index is 14.3. The molecule has 4 bridgehead atoms. The lowest BCUT2D eigenvalue weighted by Gasteiger charge is -2.55. The summed E-state index contributed by atoms with van der Waals surface area (Å²) in [6, 6.07) is 6.75. The second-order valence-electron chi connectivity index (χ2n) is 9.16. The summed E-state index contributed by atoms with van der Waals surface area (Å²) >= 11 is 1.39. The molecule has 0 unspecified atom stereocenters. The Labute approximate surface area is 174 Å². The van der Waals surface area contributed by atoms with E-state index in [0.717, 1.165) is 24.1 Å². The summed E-state index contributed by atoms with van der Waals surface area (Å²) in [5.74, 6) is 1.91. The van der Waals surface area contributed by atoms with Gasteiger partial charge in [0.25, 0.3) is 5.91 Å². The molecule has 0 spiro atoms. The van der Waals surface area contributed by atoms with Crippen LogP contribution in [0.2, 0.25) is 0 Å².